The molecular formula is C23H27F3N2O4S. The monoisotopic (exact) mass is 484 g/mol. The van der Waals surface area contributed by atoms with Gasteiger partial charge < -0.3 is 10.1 Å². The van der Waals surface area contributed by atoms with Crippen LogP contribution in [0.15, 0.2) is 47.4 Å². The van der Waals surface area contributed by atoms with E-state index in [1.165, 1.54) is 32.4 Å². The van der Waals surface area contributed by atoms with Gasteiger partial charge in [-0.15, -0.1) is 0 Å². The predicted molar refractivity (Wildman–Crippen MR) is 119 cm³/mol. The van der Waals surface area contributed by atoms with Crippen LogP contribution in [0.3, 0.4) is 0 Å². The number of aryl methyl sites for hydroxylation is 1. The molecule has 1 fully saturated rings. The van der Waals surface area contributed by atoms with Crippen LogP contribution in [0.2, 0.25) is 0 Å². The number of para-hydroxylation sites is 2. The normalized spacial score (nSPS) is 19.1. The molecule has 1 N–H and O–H groups in total. The van der Waals surface area contributed by atoms with Crippen molar-refractivity contribution in [1.82, 2.24) is 5.32 Å². The van der Waals surface area contributed by atoms with Crippen molar-refractivity contribution in [2.75, 3.05) is 18.5 Å². The molecule has 0 spiro atoms. The second-order valence-electron chi connectivity index (χ2n) is 8.13. The summed E-state index contributed by atoms with van der Waals surface area (Å²) in [5, 5.41) is 2.50. The molecule has 1 aliphatic carbocycles. The van der Waals surface area contributed by atoms with Gasteiger partial charge in [0.25, 0.3) is 15.9 Å². The second-order valence-corrected chi connectivity index (χ2v) is 10.1. The minimum Gasteiger partial charge on any atom is -0.495 e. The minimum atomic E-state index is -4.41. The molecule has 10 heteroatoms. The molecule has 1 amide bonds. The van der Waals surface area contributed by atoms with Crippen molar-refractivity contribution in [3.05, 3.63) is 53.6 Å². The van der Waals surface area contributed by atoms with Gasteiger partial charge in [0.05, 0.1) is 23.6 Å². The summed E-state index contributed by atoms with van der Waals surface area (Å²) in [7, 11) is -1.28. The van der Waals surface area contributed by atoms with Gasteiger partial charge in [-0.1, -0.05) is 31.0 Å². The van der Waals surface area contributed by atoms with E-state index in [9.17, 15) is 26.4 Å². The topological polar surface area (TPSA) is 75.7 Å². The van der Waals surface area contributed by atoms with Crippen LogP contribution in [0.4, 0.5) is 18.9 Å². The van der Waals surface area contributed by atoms with E-state index in [0.717, 1.165) is 4.31 Å². The molecule has 0 heterocycles. The summed E-state index contributed by atoms with van der Waals surface area (Å²) < 4.78 is 73.0. The number of ether oxygens (including phenoxy) is 1. The molecule has 0 radical (unpaired) electrons. The maximum atomic E-state index is 13.4. The van der Waals surface area contributed by atoms with Crippen LogP contribution in [0.5, 0.6) is 5.75 Å². The van der Waals surface area contributed by atoms with E-state index in [2.05, 4.69) is 5.32 Å². The van der Waals surface area contributed by atoms with E-state index >= 15 is 0 Å². The van der Waals surface area contributed by atoms with Crippen LogP contribution in [-0.4, -0.2) is 40.7 Å². The number of nitrogens with one attached hydrogen (secondary N) is 1. The summed E-state index contributed by atoms with van der Waals surface area (Å²) in [4.78, 5) is 12.8. The van der Waals surface area contributed by atoms with E-state index in [-0.39, 0.29) is 23.3 Å². The molecule has 33 heavy (non-hydrogen) atoms. The number of benzene rings is 2. The minimum absolute atomic E-state index is 0.0241. The van der Waals surface area contributed by atoms with Gasteiger partial charge in [0.2, 0.25) is 0 Å². The van der Waals surface area contributed by atoms with Gasteiger partial charge in [-0.3, -0.25) is 9.10 Å². The van der Waals surface area contributed by atoms with Crippen LogP contribution in [-0.2, 0) is 10.0 Å². The van der Waals surface area contributed by atoms with Gasteiger partial charge in [0.15, 0.2) is 0 Å². The lowest BCUT2D eigenvalue weighted by molar-refractivity contribution is -0.187. The Hall–Kier alpha value is -2.75. The molecule has 2 atom stereocenters. The van der Waals surface area contributed by atoms with Crippen molar-refractivity contribution >= 4 is 21.6 Å². The highest BCUT2D eigenvalue weighted by Gasteiger charge is 2.46. The Labute approximate surface area is 191 Å². The summed E-state index contributed by atoms with van der Waals surface area (Å²) in [6.07, 6.45) is -3.17. The number of carbonyl (C=O) groups is 1. The second kappa shape index (κ2) is 9.62. The molecule has 0 saturated heterocycles. The largest absolute Gasteiger partial charge is 0.495 e. The Kier molecular flexibility index (Phi) is 7.26. The highest BCUT2D eigenvalue weighted by atomic mass is 32.2. The van der Waals surface area contributed by atoms with Crippen LogP contribution in [0, 0.1) is 12.8 Å². The van der Waals surface area contributed by atoms with Crippen molar-refractivity contribution in [3.8, 4) is 5.75 Å². The summed E-state index contributed by atoms with van der Waals surface area (Å²) in [5.74, 6) is -1.98. The lowest BCUT2D eigenvalue weighted by Gasteiger charge is -2.33. The van der Waals surface area contributed by atoms with Gasteiger partial charge in [0, 0.05) is 18.7 Å². The third kappa shape index (κ3) is 5.26. The first kappa shape index (κ1) is 24.9. The van der Waals surface area contributed by atoms with E-state index in [1.807, 2.05) is 0 Å². The third-order valence-corrected chi connectivity index (χ3v) is 7.81. The fraction of sp³-hybridized carbons (Fsp3) is 0.435. The number of halogens is 3. The molecule has 2 aromatic carbocycles. The number of hydrogen-bond acceptors (Lipinski definition) is 4. The number of rotatable bonds is 6. The van der Waals surface area contributed by atoms with Crippen molar-refractivity contribution < 1.29 is 31.1 Å². The van der Waals surface area contributed by atoms with Crippen molar-refractivity contribution in [2.45, 2.75) is 49.7 Å². The summed E-state index contributed by atoms with van der Waals surface area (Å²) >= 11 is 0. The number of alkyl halides is 3. The SMILES string of the molecule is COc1ccccc1N(C)S(=O)(=O)c1ccc(C)c(C(=O)NC2CCCCC2C(F)(F)F)c1. The van der Waals surface area contributed by atoms with Crippen molar-refractivity contribution in [3.63, 3.8) is 0 Å². The fourth-order valence-electron chi connectivity index (χ4n) is 4.13. The van der Waals surface area contributed by atoms with E-state index in [4.69, 9.17) is 4.74 Å². The van der Waals surface area contributed by atoms with Crippen molar-refractivity contribution in [1.29, 1.82) is 0 Å². The van der Waals surface area contributed by atoms with E-state index in [1.54, 1.807) is 31.2 Å². The Bertz CT molecular complexity index is 1120. The standard InChI is InChI=1S/C23H27F3N2O4S/c1-15-12-13-16(33(30,31)28(2)20-10-6-7-11-21(20)32-3)14-17(15)22(29)27-19-9-5-4-8-18(19)23(24,25)26/h6-7,10-14,18-19H,4-5,8-9H2,1-3H3,(H,27,29). The zero-order valence-corrected chi connectivity index (χ0v) is 19.5. The Morgan fingerprint density at radius 3 is 2.45 bits per heavy atom. The zero-order chi connectivity index (χ0) is 24.4. The molecule has 2 unspecified atom stereocenters. The molecule has 2 aromatic rings. The van der Waals surface area contributed by atoms with E-state index in [0.29, 0.717) is 29.8 Å². The third-order valence-electron chi connectivity index (χ3n) is 6.04. The number of methoxy groups -OCH3 is 1. The molecule has 1 saturated carbocycles. The molecular weight excluding hydrogens is 457 g/mol. The average molecular weight is 485 g/mol. The van der Waals surface area contributed by atoms with Crippen LogP contribution in [0.1, 0.15) is 41.6 Å². The maximum absolute atomic E-state index is 13.4. The quantitative estimate of drug-likeness (QED) is 0.646. The van der Waals surface area contributed by atoms with Crippen LogP contribution >= 0.6 is 0 Å². The maximum Gasteiger partial charge on any atom is 0.393 e. The molecule has 6 nitrogen and oxygen atoms in total. The molecule has 180 valence electrons. The number of hydrogen-bond donors (Lipinski definition) is 1. The number of carbonyl (C=O) groups excluding carboxylic acids is 1. The van der Waals surface area contributed by atoms with E-state index < -0.39 is 34.1 Å². The van der Waals surface area contributed by atoms with Crippen LogP contribution < -0.4 is 14.4 Å². The Morgan fingerprint density at radius 1 is 1.12 bits per heavy atom. The molecule has 0 bridgehead atoms. The zero-order valence-electron chi connectivity index (χ0n) is 18.6. The number of sulfonamides is 1. The highest BCUT2D eigenvalue weighted by molar-refractivity contribution is 7.92. The number of anilines is 1. The lowest BCUT2D eigenvalue weighted by Crippen LogP contribution is -2.47. The van der Waals surface area contributed by atoms with Crippen molar-refractivity contribution in [2.24, 2.45) is 5.92 Å². The number of nitrogens with zero attached hydrogens (tertiary/aromatic N) is 1. The Morgan fingerprint density at radius 2 is 1.79 bits per heavy atom. The van der Waals surface area contributed by atoms with Crippen LogP contribution in [0.25, 0.3) is 0 Å². The van der Waals surface area contributed by atoms with Gasteiger partial charge in [0.1, 0.15) is 5.75 Å². The molecule has 0 aromatic heterocycles. The van der Waals surface area contributed by atoms with Gasteiger partial charge in [-0.05, 0) is 49.6 Å². The summed E-state index contributed by atoms with van der Waals surface area (Å²) in [5.41, 5.74) is 0.795. The summed E-state index contributed by atoms with van der Waals surface area (Å²) in [6, 6.07) is 9.58. The first-order valence-corrected chi connectivity index (χ1v) is 12.0. The molecule has 1 aliphatic rings. The average Bonchev–Trinajstić information content (AvgIpc) is 2.78. The predicted octanol–water partition coefficient (Wildman–Crippen LogP) is 4.68. The van der Waals surface area contributed by atoms with Gasteiger partial charge in [-0.25, -0.2) is 8.42 Å². The highest BCUT2D eigenvalue weighted by Crippen LogP contribution is 2.38. The Balaban J connectivity index is 1.90. The van der Waals surface area contributed by atoms with Gasteiger partial charge in [-0.2, -0.15) is 13.2 Å². The number of amides is 1. The lowest BCUT2D eigenvalue weighted by atomic mass is 9.84. The van der Waals surface area contributed by atoms with Gasteiger partial charge >= 0.3 is 6.18 Å². The molecule has 3 rings (SSSR count). The fourth-order valence-corrected chi connectivity index (χ4v) is 5.36. The smallest absolute Gasteiger partial charge is 0.393 e. The summed E-state index contributed by atoms with van der Waals surface area (Å²) in [6.45, 7) is 1.61. The molecule has 0 aliphatic heterocycles. The first-order chi connectivity index (χ1) is 15.5. The first-order valence-electron chi connectivity index (χ1n) is 10.6.